The third-order valence-corrected chi connectivity index (χ3v) is 2.85. The first-order chi connectivity index (χ1) is 7.90. The van der Waals surface area contributed by atoms with Gasteiger partial charge in [-0.1, -0.05) is 23.2 Å². The third-order valence-electron chi connectivity index (χ3n) is 1.76. The highest BCUT2D eigenvalue weighted by Gasteiger charge is 2.11. The van der Waals surface area contributed by atoms with Gasteiger partial charge in [-0.3, -0.25) is 4.79 Å². The van der Waals surface area contributed by atoms with Crippen LogP contribution >= 0.6 is 39.1 Å². The van der Waals surface area contributed by atoms with Crippen molar-refractivity contribution in [3.8, 4) is 5.75 Å². The van der Waals surface area contributed by atoms with E-state index in [1.54, 1.807) is 12.1 Å². The fourth-order valence-corrected chi connectivity index (χ4v) is 2.54. The van der Waals surface area contributed by atoms with E-state index >= 15 is 0 Å². The molecule has 1 amide bonds. The van der Waals surface area contributed by atoms with Gasteiger partial charge in [0.2, 0.25) is 0 Å². The predicted octanol–water partition coefficient (Wildman–Crippen LogP) is 3.66. The molecule has 0 atom stereocenters. The summed E-state index contributed by atoms with van der Waals surface area (Å²) in [6.45, 7) is 3.67. The monoisotopic (exact) mass is 339 g/mol. The molecule has 0 aliphatic heterocycles. The van der Waals surface area contributed by atoms with Crippen LogP contribution in [0.2, 0.25) is 10.0 Å². The molecule has 0 bridgehead atoms. The highest BCUT2D eigenvalue weighted by atomic mass is 79.9. The molecule has 0 aliphatic rings. The van der Waals surface area contributed by atoms with Gasteiger partial charge in [0, 0.05) is 11.1 Å². The van der Waals surface area contributed by atoms with Crippen molar-refractivity contribution < 1.29 is 9.53 Å². The summed E-state index contributed by atoms with van der Waals surface area (Å²) < 4.78 is 5.95. The topological polar surface area (TPSA) is 38.3 Å². The number of nitrogens with one attached hydrogen (secondary N) is 1. The normalized spacial score (nSPS) is 10.5. The molecule has 3 nitrogen and oxygen atoms in total. The largest absolute Gasteiger partial charge is 0.481 e. The maximum Gasteiger partial charge on any atom is 0.258 e. The molecule has 17 heavy (non-hydrogen) atoms. The van der Waals surface area contributed by atoms with Gasteiger partial charge in [0.25, 0.3) is 5.91 Å². The number of amides is 1. The van der Waals surface area contributed by atoms with Crippen LogP contribution in [-0.2, 0) is 4.79 Å². The number of halogens is 3. The quantitative estimate of drug-likeness (QED) is 0.908. The number of benzene rings is 1. The first-order valence-corrected chi connectivity index (χ1v) is 6.51. The van der Waals surface area contributed by atoms with Gasteiger partial charge >= 0.3 is 0 Å². The Morgan fingerprint density at radius 2 is 2.12 bits per heavy atom. The third kappa shape index (κ3) is 4.74. The molecule has 0 radical (unpaired) electrons. The van der Waals surface area contributed by atoms with Crippen molar-refractivity contribution >= 4 is 45.0 Å². The van der Waals surface area contributed by atoms with Gasteiger partial charge in [-0.2, -0.15) is 0 Å². The summed E-state index contributed by atoms with van der Waals surface area (Å²) in [5, 5.41) is 3.58. The lowest BCUT2D eigenvalue weighted by Crippen LogP contribution is -2.34. The Morgan fingerprint density at radius 3 is 2.65 bits per heavy atom. The van der Waals surface area contributed by atoms with Gasteiger partial charge in [0.05, 0.1) is 9.50 Å². The van der Waals surface area contributed by atoms with E-state index in [0.29, 0.717) is 20.3 Å². The first kappa shape index (κ1) is 14.6. The fourth-order valence-electron chi connectivity index (χ4n) is 1.17. The SMILES string of the molecule is CC(C)NC(=O)COc1c(Cl)cc(Cl)cc1Br. The Kier molecular flexibility index (Phi) is 5.56. The Hall–Kier alpha value is -0.450. The van der Waals surface area contributed by atoms with Crippen LogP contribution in [0.25, 0.3) is 0 Å². The molecule has 0 aromatic heterocycles. The molecule has 1 rings (SSSR count). The highest BCUT2D eigenvalue weighted by Crippen LogP contribution is 2.35. The summed E-state index contributed by atoms with van der Waals surface area (Å²) >= 11 is 15.0. The van der Waals surface area contributed by atoms with Crippen LogP contribution < -0.4 is 10.1 Å². The van der Waals surface area contributed by atoms with Crippen molar-refractivity contribution in [2.45, 2.75) is 19.9 Å². The Labute approximate surface area is 119 Å². The minimum atomic E-state index is -0.196. The average molecular weight is 341 g/mol. The molecule has 1 aromatic carbocycles. The minimum Gasteiger partial charge on any atom is -0.481 e. The summed E-state index contributed by atoms with van der Waals surface area (Å²) in [5.74, 6) is 0.216. The van der Waals surface area contributed by atoms with E-state index in [4.69, 9.17) is 27.9 Å². The van der Waals surface area contributed by atoms with Crippen LogP contribution in [0.5, 0.6) is 5.75 Å². The predicted molar refractivity (Wildman–Crippen MR) is 72.9 cm³/mol. The highest BCUT2D eigenvalue weighted by molar-refractivity contribution is 9.10. The number of ether oxygens (including phenoxy) is 1. The number of carbonyl (C=O) groups is 1. The van der Waals surface area contributed by atoms with Gasteiger partial charge in [0.1, 0.15) is 0 Å². The van der Waals surface area contributed by atoms with E-state index < -0.39 is 0 Å². The number of carbonyl (C=O) groups excluding carboxylic acids is 1. The van der Waals surface area contributed by atoms with Gasteiger partial charge in [-0.25, -0.2) is 0 Å². The minimum absolute atomic E-state index is 0.0789. The molecule has 94 valence electrons. The molecule has 0 fully saturated rings. The van der Waals surface area contributed by atoms with Crippen molar-refractivity contribution in [1.29, 1.82) is 0 Å². The average Bonchev–Trinajstić information content (AvgIpc) is 2.14. The zero-order valence-electron chi connectivity index (χ0n) is 9.39. The fraction of sp³-hybridized carbons (Fsp3) is 0.364. The van der Waals surface area contributed by atoms with Gasteiger partial charge in [-0.05, 0) is 41.9 Å². The first-order valence-electron chi connectivity index (χ1n) is 4.97. The Morgan fingerprint density at radius 1 is 1.47 bits per heavy atom. The molecular weight excluding hydrogens is 329 g/mol. The Balaban J connectivity index is 2.67. The zero-order valence-corrected chi connectivity index (χ0v) is 12.5. The van der Waals surface area contributed by atoms with Gasteiger partial charge in [0.15, 0.2) is 12.4 Å². The second-order valence-electron chi connectivity index (χ2n) is 3.71. The molecule has 1 N–H and O–H groups in total. The van der Waals surface area contributed by atoms with Crippen molar-refractivity contribution in [2.24, 2.45) is 0 Å². The van der Waals surface area contributed by atoms with E-state index in [1.165, 1.54) is 0 Å². The summed E-state index contributed by atoms with van der Waals surface area (Å²) in [6.07, 6.45) is 0. The van der Waals surface area contributed by atoms with Crippen LogP contribution in [0, 0.1) is 0 Å². The summed E-state index contributed by atoms with van der Waals surface area (Å²) in [4.78, 5) is 11.4. The van der Waals surface area contributed by atoms with E-state index in [9.17, 15) is 4.79 Å². The summed E-state index contributed by atoms with van der Waals surface area (Å²) in [7, 11) is 0. The maximum absolute atomic E-state index is 11.4. The van der Waals surface area contributed by atoms with E-state index in [1.807, 2.05) is 13.8 Å². The molecule has 1 aromatic rings. The molecule has 0 spiro atoms. The molecule has 0 heterocycles. The molecular formula is C11H12BrCl2NO2. The van der Waals surface area contributed by atoms with E-state index in [0.717, 1.165) is 0 Å². The van der Waals surface area contributed by atoms with Crippen molar-refractivity contribution in [3.05, 3.63) is 26.7 Å². The van der Waals surface area contributed by atoms with Crippen molar-refractivity contribution in [3.63, 3.8) is 0 Å². The van der Waals surface area contributed by atoms with Crippen LogP contribution in [0.3, 0.4) is 0 Å². The smallest absolute Gasteiger partial charge is 0.258 e. The van der Waals surface area contributed by atoms with Crippen molar-refractivity contribution in [2.75, 3.05) is 6.61 Å². The van der Waals surface area contributed by atoms with Crippen LogP contribution in [0.15, 0.2) is 16.6 Å². The van der Waals surface area contributed by atoms with Crippen LogP contribution in [0.4, 0.5) is 0 Å². The summed E-state index contributed by atoms with van der Waals surface area (Å²) in [5.41, 5.74) is 0. The lowest BCUT2D eigenvalue weighted by Gasteiger charge is -2.12. The van der Waals surface area contributed by atoms with Crippen molar-refractivity contribution in [1.82, 2.24) is 5.32 Å². The zero-order chi connectivity index (χ0) is 13.0. The van der Waals surface area contributed by atoms with Crippen LogP contribution in [-0.4, -0.2) is 18.6 Å². The van der Waals surface area contributed by atoms with Crippen LogP contribution in [0.1, 0.15) is 13.8 Å². The number of rotatable bonds is 4. The lowest BCUT2D eigenvalue weighted by molar-refractivity contribution is -0.123. The summed E-state index contributed by atoms with van der Waals surface area (Å²) in [6, 6.07) is 3.29. The molecule has 0 unspecified atom stereocenters. The number of hydrogen-bond acceptors (Lipinski definition) is 2. The van der Waals surface area contributed by atoms with Gasteiger partial charge < -0.3 is 10.1 Å². The van der Waals surface area contributed by atoms with E-state index in [2.05, 4.69) is 21.2 Å². The molecule has 0 aliphatic carbocycles. The maximum atomic E-state index is 11.4. The Bertz CT molecular complexity index is 401. The molecule has 0 saturated heterocycles. The second kappa shape index (κ2) is 6.47. The molecule has 0 saturated carbocycles. The second-order valence-corrected chi connectivity index (χ2v) is 5.41. The molecule has 6 heteroatoms. The number of hydrogen-bond donors (Lipinski definition) is 1. The lowest BCUT2D eigenvalue weighted by atomic mass is 10.3. The standard InChI is InChI=1S/C11H12BrCl2NO2/c1-6(2)15-10(16)5-17-11-8(12)3-7(13)4-9(11)14/h3-4,6H,5H2,1-2H3,(H,15,16). The van der Waals surface area contributed by atoms with E-state index in [-0.39, 0.29) is 18.6 Å². The van der Waals surface area contributed by atoms with Gasteiger partial charge in [-0.15, -0.1) is 0 Å².